The molecule has 4 N–H and O–H groups in total. The third kappa shape index (κ3) is 4.52. The van der Waals surface area contributed by atoms with E-state index in [4.69, 9.17) is 0 Å². The van der Waals surface area contributed by atoms with Gasteiger partial charge in [-0.25, -0.2) is 9.78 Å². The van der Waals surface area contributed by atoms with Crippen LogP contribution in [0, 0.1) is 0 Å². The lowest BCUT2D eigenvalue weighted by Gasteiger charge is -2.25. The summed E-state index contributed by atoms with van der Waals surface area (Å²) < 4.78 is 0. The van der Waals surface area contributed by atoms with Gasteiger partial charge < -0.3 is 25.7 Å². The van der Waals surface area contributed by atoms with Crippen LogP contribution in [0.25, 0.3) is 0 Å². The highest BCUT2D eigenvalue weighted by Gasteiger charge is 2.21. The molecule has 0 bridgehead atoms. The molecule has 0 aliphatic carbocycles. The zero-order valence-electron chi connectivity index (χ0n) is 17.4. The molecule has 0 saturated heterocycles. The Bertz CT molecular complexity index is 1150. The van der Waals surface area contributed by atoms with Crippen molar-refractivity contribution in [3.8, 4) is 0 Å². The van der Waals surface area contributed by atoms with E-state index < -0.39 is 12.0 Å². The van der Waals surface area contributed by atoms with Crippen LogP contribution in [0.3, 0.4) is 0 Å². The first-order valence-corrected chi connectivity index (χ1v) is 10.1. The van der Waals surface area contributed by atoms with Gasteiger partial charge in [0.15, 0.2) is 0 Å². The summed E-state index contributed by atoms with van der Waals surface area (Å²) in [5.41, 5.74) is 3.43. The van der Waals surface area contributed by atoms with Crippen molar-refractivity contribution in [3.05, 3.63) is 77.0 Å². The zero-order valence-corrected chi connectivity index (χ0v) is 17.4. The lowest BCUT2D eigenvalue weighted by atomic mass is 9.99. The summed E-state index contributed by atoms with van der Waals surface area (Å²) in [5.74, 6) is -0.785. The number of hydrogen-bond donors (Lipinski definition) is 4. The van der Waals surface area contributed by atoms with Crippen molar-refractivity contribution in [2.45, 2.75) is 19.0 Å². The third-order valence-electron chi connectivity index (χ3n) is 5.35. The first-order valence-electron chi connectivity index (χ1n) is 10.1. The van der Waals surface area contributed by atoms with Gasteiger partial charge >= 0.3 is 5.97 Å². The summed E-state index contributed by atoms with van der Waals surface area (Å²) in [5, 5.41) is 25.5. The molecular weight excluding hydrogens is 410 g/mol. The molecule has 1 unspecified atom stereocenters. The molecule has 164 valence electrons. The molecule has 1 atom stereocenters. The molecule has 1 aliphatic heterocycles. The van der Waals surface area contributed by atoms with Crippen molar-refractivity contribution in [3.63, 3.8) is 0 Å². The van der Waals surface area contributed by atoms with E-state index >= 15 is 0 Å². The summed E-state index contributed by atoms with van der Waals surface area (Å²) in [7, 11) is 1.77. The van der Waals surface area contributed by atoms with Crippen LogP contribution in [0.1, 0.15) is 33.1 Å². The van der Waals surface area contributed by atoms with E-state index in [0.29, 0.717) is 13.0 Å². The highest BCUT2D eigenvalue weighted by Crippen LogP contribution is 2.26. The minimum atomic E-state index is -1.18. The number of fused-ring (bicyclic) bond motifs is 1. The van der Waals surface area contributed by atoms with Crippen molar-refractivity contribution < 1.29 is 19.8 Å². The SMILES string of the molecule is CN1Cc2cc(Nc3ncc(C(=O)O)c(NC(CO)c4ccccc4)n3)ccc2CC1=O. The van der Waals surface area contributed by atoms with E-state index in [-0.39, 0.29) is 29.8 Å². The molecule has 0 fully saturated rings. The maximum atomic E-state index is 11.9. The first-order chi connectivity index (χ1) is 15.4. The number of aliphatic hydroxyl groups excluding tert-OH is 1. The number of likely N-dealkylation sites (N-methyl/N-ethyl adjacent to an activating group) is 1. The van der Waals surface area contributed by atoms with E-state index in [1.165, 1.54) is 6.20 Å². The molecule has 1 aliphatic rings. The number of aliphatic hydroxyl groups is 1. The molecule has 2 heterocycles. The lowest BCUT2D eigenvalue weighted by molar-refractivity contribution is -0.130. The fourth-order valence-corrected chi connectivity index (χ4v) is 3.59. The fourth-order valence-electron chi connectivity index (χ4n) is 3.59. The second-order valence-electron chi connectivity index (χ2n) is 7.59. The number of rotatable bonds is 7. The minimum absolute atomic E-state index is 0.0818. The molecule has 0 radical (unpaired) electrons. The maximum absolute atomic E-state index is 11.9. The number of amides is 1. The van der Waals surface area contributed by atoms with Gasteiger partial charge in [0.25, 0.3) is 0 Å². The number of hydrogen-bond acceptors (Lipinski definition) is 7. The van der Waals surface area contributed by atoms with E-state index in [9.17, 15) is 19.8 Å². The number of nitrogens with one attached hydrogen (secondary N) is 2. The highest BCUT2D eigenvalue weighted by molar-refractivity contribution is 5.93. The Labute approximate surface area is 184 Å². The monoisotopic (exact) mass is 433 g/mol. The van der Waals surface area contributed by atoms with Gasteiger partial charge in [-0.2, -0.15) is 4.98 Å². The molecule has 3 aromatic rings. The van der Waals surface area contributed by atoms with E-state index in [1.807, 2.05) is 48.5 Å². The largest absolute Gasteiger partial charge is 0.477 e. The van der Waals surface area contributed by atoms with Gasteiger partial charge in [-0.05, 0) is 28.8 Å². The average molecular weight is 433 g/mol. The molecule has 2 aromatic carbocycles. The van der Waals surface area contributed by atoms with Gasteiger partial charge in [-0.3, -0.25) is 4.79 Å². The Hall–Kier alpha value is -3.98. The smallest absolute Gasteiger partial charge is 0.341 e. The lowest BCUT2D eigenvalue weighted by Crippen LogP contribution is -2.32. The molecule has 4 rings (SSSR count). The highest BCUT2D eigenvalue weighted by atomic mass is 16.4. The number of carboxylic acids is 1. The number of aromatic nitrogens is 2. The van der Waals surface area contributed by atoms with Gasteiger partial charge in [0.05, 0.1) is 19.1 Å². The molecule has 9 heteroatoms. The summed E-state index contributed by atoms with van der Waals surface area (Å²) in [4.78, 5) is 33.7. The number of anilines is 3. The van der Waals surface area contributed by atoms with Crippen LogP contribution in [-0.2, 0) is 17.8 Å². The number of carboxylic acid groups (broad SMARTS) is 1. The molecule has 0 spiro atoms. The first kappa shape index (κ1) is 21.3. The van der Waals surface area contributed by atoms with Gasteiger partial charge in [0.2, 0.25) is 11.9 Å². The molecular formula is C23H23N5O4. The molecule has 9 nitrogen and oxygen atoms in total. The molecule has 0 saturated carbocycles. The van der Waals surface area contributed by atoms with Crippen LogP contribution in [0.5, 0.6) is 0 Å². The van der Waals surface area contributed by atoms with Gasteiger partial charge in [-0.15, -0.1) is 0 Å². The van der Waals surface area contributed by atoms with Crippen LogP contribution in [0.2, 0.25) is 0 Å². The molecule has 32 heavy (non-hydrogen) atoms. The van der Waals surface area contributed by atoms with E-state index in [1.54, 1.807) is 11.9 Å². The Morgan fingerprint density at radius 3 is 2.69 bits per heavy atom. The van der Waals surface area contributed by atoms with Crippen molar-refractivity contribution in [1.29, 1.82) is 0 Å². The predicted octanol–water partition coefficient (Wildman–Crippen LogP) is 2.58. The minimum Gasteiger partial charge on any atom is -0.477 e. The Balaban J connectivity index is 1.60. The van der Waals surface area contributed by atoms with Crippen molar-refractivity contribution >= 4 is 29.3 Å². The number of aromatic carboxylic acids is 1. The summed E-state index contributed by atoms with van der Waals surface area (Å²) in [6.07, 6.45) is 1.59. The van der Waals surface area contributed by atoms with Crippen LogP contribution in [0.4, 0.5) is 17.5 Å². The zero-order chi connectivity index (χ0) is 22.7. The van der Waals surface area contributed by atoms with Crippen LogP contribution < -0.4 is 10.6 Å². The summed E-state index contributed by atoms with van der Waals surface area (Å²) >= 11 is 0. The van der Waals surface area contributed by atoms with Crippen LogP contribution in [0.15, 0.2) is 54.7 Å². The number of benzene rings is 2. The topological polar surface area (TPSA) is 128 Å². The second kappa shape index (κ2) is 9.03. The van der Waals surface area contributed by atoms with Crippen molar-refractivity contribution in [2.75, 3.05) is 24.3 Å². The summed E-state index contributed by atoms with van der Waals surface area (Å²) in [6, 6.07) is 14.3. The Kier molecular flexibility index (Phi) is 6.00. The quantitative estimate of drug-likeness (QED) is 0.448. The van der Waals surface area contributed by atoms with Crippen LogP contribution in [-0.4, -0.2) is 50.6 Å². The number of carbonyl (C=O) groups excluding carboxylic acids is 1. The average Bonchev–Trinajstić information content (AvgIpc) is 2.79. The third-order valence-corrected chi connectivity index (χ3v) is 5.35. The maximum Gasteiger partial charge on any atom is 0.341 e. The van der Waals surface area contributed by atoms with Crippen molar-refractivity contribution in [1.82, 2.24) is 14.9 Å². The Morgan fingerprint density at radius 2 is 1.97 bits per heavy atom. The fraction of sp³-hybridized carbons (Fsp3) is 0.217. The van der Waals surface area contributed by atoms with Gasteiger partial charge in [0, 0.05) is 25.5 Å². The molecule has 1 amide bonds. The second-order valence-corrected chi connectivity index (χ2v) is 7.59. The standard InChI is InChI=1S/C23H23N5O4/c1-28-12-16-9-17(8-7-15(16)10-20(28)30)25-23-24-11-18(22(31)32)21(27-23)26-19(13-29)14-5-3-2-4-6-14/h2-9,11,19,29H,10,12-13H2,1H3,(H,31,32)(H2,24,25,26,27). The van der Waals surface area contributed by atoms with E-state index in [0.717, 1.165) is 22.4 Å². The van der Waals surface area contributed by atoms with Gasteiger partial charge in [-0.1, -0.05) is 36.4 Å². The number of nitrogens with zero attached hydrogens (tertiary/aromatic N) is 3. The summed E-state index contributed by atoms with van der Waals surface area (Å²) in [6.45, 7) is 0.275. The normalized spacial score (nSPS) is 13.9. The molecule has 1 aromatic heterocycles. The van der Waals surface area contributed by atoms with Crippen LogP contribution >= 0.6 is 0 Å². The number of carbonyl (C=O) groups is 2. The van der Waals surface area contributed by atoms with E-state index in [2.05, 4.69) is 20.6 Å². The predicted molar refractivity (Wildman–Crippen MR) is 119 cm³/mol. The Morgan fingerprint density at radius 1 is 1.19 bits per heavy atom. The van der Waals surface area contributed by atoms with Crippen molar-refractivity contribution in [2.24, 2.45) is 0 Å². The van der Waals surface area contributed by atoms with Gasteiger partial charge in [0.1, 0.15) is 11.4 Å².